The summed E-state index contributed by atoms with van der Waals surface area (Å²) in [6.07, 6.45) is 0.973. The summed E-state index contributed by atoms with van der Waals surface area (Å²) in [5.74, 6) is 0.596. The molecule has 2 aromatic rings. The third-order valence-electron chi connectivity index (χ3n) is 3.38. The Balaban J connectivity index is 2.54. The topological polar surface area (TPSA) is 38.9 Å². The summed E-state index contributed by atoms with van der Waals surface area (Å²) in [6, 6.07) is 8.45. The van der Waals surface area contributed by atoms with E-state index in [0.29, 0.717) is 5.92 Å². The molecule has 0 aliphatic rings. The Morgan fingerprint density at radius 2 is 1.84 bits per heavy atom. The number of benzene rings is 1. The monoisotopic (exact) mass is 256 g/mol. The summed E-state index contributed by atoms with van der Waals surface area (Å²) < 4.78 is 0. The summed E-state index contributed by atoms with van der Waals surface area (Å²) in [7, 11) is 0. The number of nitrogen functional groups attached to an aromatic ring is 1. The number of anilines is 1. The minimum Gasteiger partial charge on any atom is -0.398 e. The van der Waals surface area contributed by atoms with Crippen molar-refractivity contribution in [1.82, 2.24) is 4.98 Å². The van der Waals surface area contributed by atoms with Crippen LogP contribution in [-0.4, -0.2) is 4.98 Å². The second-order valence-corrected chi connectivity index (χ2v) is 6.78. The molecule has 1 aromatic carbocycles. The highest BCUT2D eigenvalue weighted by atomic mass is 14.7. The molecule has 2 rings (SSSR count). The molecule has 0 aliphatic carbocycles. The first-order valence-corrected chi connectivity index (χ1v) is 6.97. The number of aromatic nitrogens is 1. The summed E-state index contributed by atoms with van der Waals surface area (Å²) in [4.78, 5) is 4.72. The highest BCUT2D eigenvalue weighted by molar-refractivity contribution is 5.91. The van der Waals surface area contributed by atoms with Crippen LogP contribution in [0.3, 0.4) is 0 Å². The number of fused-ring (bicyclic) bond motifs is 1. The van der Waals surface area contributed by atoms with E-state index in [4.69, 9.17) is 10.7 Å². The van der Waals surface area contributed by atoms with E-state index >= 15 is 0 Å². The second-order valence-electron chi connectivity index (χ2n) is 6.78. The smallest absolute Gasteiger partial charge is 0.0726 e. The number of hydrogen-bond acceptors (Lipinski definition) is 2. The number of hydrogen-bond donors (Lipinski definition) is 1. The molecule has 0 radical (unpaired) electrons. The fourth-order valence-corrected chi connectivity index (χ4v) is 2.30. The van der Waals surface area contributed by atoms with Gasteiger partial charge in [-0.25, -0.2) is 0 Å². The molecule has 1 heterocycles. The lowest BCUT2D eigenvalue weighted by Gasteiger charge is -2.20. The number of nitrogens with two attached hydrogens (primary N) is 1. The van der Waals surface area contributed by atoms with Crippen LogP contribution in [0.4, 0.5) is 5.69 Å². The van der Waals surface area contributed by atoms with Crippen molar-refractivity contribution >= 4 is 16.6 Å². The van der Waals surface area contributed by atoms with Gasteiger partial charge in [0.25, 0.3) is 0 Å². The Morgan fingerprint density at radius 1 is 1.16 bits per heavy atom. The molecule has 0 saturated heterocycles. The first-order valence-electron chi connectivity index (χ1n) is 6.97. The Bertz CT molecular complexity index is 592. The van der Waals surface area contributed by atoms with Crippen molar-refractivity contribution in [3.05, 3.63) is 35.5 Å². The van der Waals surface area contributed by atoms with E-state index in [1.165, 1.54) is 5.56 Å². The molecule has 0 unspecified atom stereocenters. The Morgan fingerprint density at radius 3 is 2.42 bits per heavy atom. The molecule has 0 aliphatic heterocycles. The van der Waals surface area contributed by atoms with E-state index in [9.17, 15) is 0 Å². The lowest BCUT2D eigenvalue weighted by molar-refractivity contribution is 0.591. The van der Waals surface area contributed by atoms with Crippen LogP contribution in [0.1, 0.15) is 45.9 Å². The van der Waals surface area contributed by atoms with Crippen LogP contribution in [0.15, 0.2) is 24.3 Å². The summed E-state index contributed by atoms with van der Waals surface area (Å²) >= 11 is 0. The SMILES string of the molecule is CC(C)Cc1cc(N)c2cc(C(C)(C)C)ccc2n1. The van der Waals surface area contributed by atoms with Gasteiger partial charge in [0, 0.05) is 16.8 Å². The normalized spacial score (nSPS) is 12.3. The molecule has 2 N–H and O–H groups in total. The maximum Gasteiger partial charge on any atom is 0.0726 e. The largest absolute Gasteiger partial charge is 0.398 e. The maximum atomic E-state index is 6.20. The Kier molecular flexibility index (Phi) is 3.53. The summed E-state index contributed by atoms with van der Waals surface area (Å²) in [5, 5.41) is 1.07. The molecule has 0 amide bonds. The molecule has 0 fully saturated rings. The van der Waals surface area contributed by atoms with Gasteiger partial charge in [0.05, 0.1) is 5.52 Å². The van der Waals surface area contributed by atoms with Crippen LogP contribution in [0.2, 0.25) is 0 Å². The van der Waals surface area contributed by atoms with Gasteiger partial charge >= 0.3 is 0 Å². The third-order valence-corrected chi connectivity index (χ3v) is 3.38. The zero-order valence-electron chi connectivity index (χ0n) is 12.6. The molecule has 19 heavy (non-hydrogen) atoms. The zero-order chi connectivity index (χ0) is 14.2. The molecule has 0 saturated carbocycles. The minimum absolute atomic E-state index is 0.136. The fraction of sp³-hybridized carbons (Fsp3) is 0.471. The number of rotatable bonds is 2. The van der Waals surface area contributed by atoms with Gasteiger partial charge in [0.2, 0.25) is 0 Å². The fourth-order valence-electron chi connectivity index (χ4n) is 2.30. The average molecular weight is 256 g/mol. The van der Waals surface area contributed by atoms with Crippen LogP contribution in [0.25, 0.3) is 10.9 Å². The molecule has 2 nitrogen and oxygen atoms in total. The number of nitrogens with zero attached hydrogens (tertiary/aromatic N) is 1. The van der Waals surface area contributed by atoms with Crippen LogP contribution in [-0.2, 0) is 11.8 Å². The van der Waals surface area contributed by atoms with Crippen molar-refractivity contribution in [1.29, 1.82) is 0 Å². The molecule has 0 spiro atoms. The van der Waals surface area contributed by atoms with E-state index in [-0.39, 0.29) is 5.41 Å². The van der Waals surface area contributed by atoms with Crippen molar-refractivity contribution in [2.75, 3.05) is 5.73 Å². The maximum absolute atomic E-state index is 6.20. The van der Waals surface area contributed by atoms with Crippen molar-refractivity contribution in [3.63, 3.8) is 0 Å². The Labute approximate surface area is 116 Å². The highest BCUT2D eigenvalue weighted by Gasteiger charge is 2.15. The lowest BCUT2D eigenvalue weighted by Crippen LogP contribution is -2.11. The third kappa shape index (κ3) is 3.06. The molecule has 0 bridgehead atoms. The van der Waals surface area contributed by atoms with E-state index in [0.717, 1.165) is 28.7 Å². The van der Waals surface area contributed by atoms with Crippen LogP contribution < -0.4 is 5.73 Å². The van der Waals surface area contributed by atoms with Gasteiger partial charge in [-0.3, -0.25) is 4.98 Å². The van der Waals surface area contributed by atoms with E-state index in [1.807, 2.05) is 6.07 Å². The predicted molar refractivity (Wildman–Crippen MR) is 83.4 cm³/mol. The van der Waals surface area contributed by atoms with Gasteiger partial charge < -0.3 is 5.73 Å². The Hall–Kier alpha value is -1.57. The van der Waals surface area contributed by atoms with Crippen molar-refractivity contribution in [2.24, 2.45) is 5.92 Å². The van der Waals surface area contributed by atoms with Gasteiger partial charge in [0.15, 0.2) is 0 Å². The van der Waals surface area contributed by atoms with E-state index in [1.54, 1.807) is 0 Å². The molecular formula is C17H24N2. The van der Waals surface area contributed by atoms with Crippen LogP contribution in [0, 0.1) is 5.92 Å². The summed E-state index contributed by atoms with van der Waals surface area (Å²) in [6.45, 7) is 11.0. The zero-order valence-corrected chi connectivity index (χ0v) is 12.6. The van der Waals surface area contributed by atoms with Gasteiger partial charge in [-0.1, -0.05) is 40.7 Å². The first kappa shape index (κ1) is 13.9. The molecule has 1 aromatic heterocycles. The number of pyridine rings is 1. The minimum atomic E-state index is 0.136. The van der Waals surface area contributed by atoms with Crippen molar-refractivity contribution in [3.8, 4) is 0 Å². The van der Waals surface area contributed by atoms with E-state index < -0.39 is 0 Å². The van der Waals surface area contributed by atoms with Crippen LogP contribution in [0.5, 0.6) is 0 Å². The van der Waals surface area contributed by atoms with Crippen molar-refractivity contribution in [2.45, 2.75) is 46.5 Å². The quantitative estimate of drug-likeness (QED) is 0.869. The average Bonchev–Trinajstić information content (AvgIpc) is 2.26. The van der Waals surface area contributed by atoms with Gasteiger partial charge in [0.1, 0.15) is 0 Å². The molecule has 102 valence electrons. The first-order chi connectivity index (χ1) is 8.77. The summed E-state index contributed by atoms with van der Waals surface area (Å²) in [5.41, 5.74) is 10.6. The molecular weight excluding hydrogens is 232 g/mol. The van der Waals surface area contributed by atoms with Crippen LogP contribution >= 0.6 is 0 Å². The highest BCUT2D eigenvalue weighted by Crippen LogP contribution is 2.28. The van der Waals surface area contributed by atoms with Crippen molar-refractivity contribution < 1.29 is 0 Å². The molecule has 0 atom stereocenters. The lowest BCUT2D eigenvalue weighted by atomic mass is 9.86. The van der Waals surface area contributed by atoms with Gasteiger partial charge in [-0.2, -0.15) is 0 Å². The predicted octanol–water partition coefficient (Wildman–Crippen LogP) is 4.31. The van der Waals surface area contributed by atoms with Gasteiger partial charge in [-0.05, 0) is 41.5 Å². The van der Waals surface area contributed by atoms with Gasteiger partial charge in [-0.15, -0.1) is 0 Å². The standard InChI is InChI=1S/C17H24N2/c1-11(2)8-13-10-15(18)14-9-12(17(3,4)5)6-7-16(14)19-13/h6-7,9-11H,8H2,1-5H3,(H2,18,19). The second kappa shape index (κ2) is 4.84. The van der Waals surface area contributed by atoms with E-state index in [2.05, 4.69) is 52.8 Å². The molecule has 2 heteroatoms.